The smallest absolute Gasteiger partial charge is 0.335 e. The average Bonchev–Trinajstić information content (AvgIpc) is 3.20. The van der Waals surface area contributed by atoms with Crippen LogP contribution in [0.1, 0.15) is 5.56 Å². The van der Waals surface area contributed by atoms with Crippen LogP contribution in [0.15, 0.2) is 73.8 Å². The number of thiophene rings is 1. The number of hydrogen-bond donors (Lipinski definition) is 0. The van der Waals surface area contributed by atoms with Crippen LogP contribution in [0.3, 0.4) is 0 Å². The van der Waals surface area contributed by atoms with Crippen molar-refractivity contribution < 1.29 is 23.8 Å². The molecule has 5 nitrogen and oxygen atoms in total. The molecule has 0 fully saturated rings. The second-order valence-electron chi connectivity index (χ2n) is 6.97. The summed E-state index contributed by atoms with van der Waals surface area (Å²) in [5.41, 5.74) is 2.73. The normalized spacial score (nSPS) is 10.7. The summed E-state index contributed by atoms with van der Waals surface area (Å²) in [5.74, 6) is 0.713. The first-order valence-electron chi connectivity index (χ1n) is 9.78. The van der Waals surface area contributed by atoms with Crippen molar-refractivity contribution in [2.45, 2.75) is 6.92 Å². The van der Waals surface area contributed by atoms with Crippen molar-refractivity contribution in [2.75, 3.05) is 7.11 Å². The molecular weight excluding hydrogens is 424 g/mol. The first-order chi connectivity index (χ1) is 15.5. The lowest BCUT2D eigenvalue weighted by Gasteiger charge is -2.10. The van der Waals surface area contributed by atoms with Crippen molar-refractivity contribution in [2.24, 2.45) is 0 Å². The maximum atomic E-state index is 11.7. The predicted molar refractivity (Wildman–Crippen MR) is 128 cm³/mol. The minimum absolute atomic E-state index is 0.442. The van der Waals surface area contributed by atoms with E-state index in [0.29, 0.717) is 11.5 Å². The zero-order valence-corrected chi connectivity index (χ0v) is 18.5. The van der Waals surface area contributed by atoms with Gasteiger partial charge in [-0.3, -0.25) is 0 Å². The van der Waals surface area contributed by atoms with Crippen molar-refractivity contribution in [1.29, 1.82) is 0 Å². The number of benzene rings is 3. The van der Waals surface area contributed by atoms with E-state index >= 15 is 0 Å². The van der Waals surface area contributed by atoms with Gasteiger partial charge >= 0.3 is 11.9 Å². The lowest BCUT2D eigenvalue weighted by Crippen LogP contribution is -2.04. The van der Waals surface area contributed by atoms with E-state index in [1.165, 1.54) is 0 Å². The summed E-state index contributed by atoms with van der Waals surface area (Å²) in [6, 6.07) is 15.0. The summed E-state index contributed by atoms with van der Waals surface area (Å²) in [5, 5.41) is 2.13. The fourth-order valence-corrected chi connectivity index (χ4v) is 4.87. The molecule has 0 amide bonds. The van der Waals surface area contributed by atoms with E-state index in [0.717, 1.165) is 54.8 Å². The average molecular weight is 445 g/mol. The predicted octanol–water partition coefficient (Wildman–Crippen LogP) is 6.22. The van der Waals surface area contributed by atoms with E-state index in [-0.39, 0.29) is 0 Å². The minimum atomic E-state index is -0.504. The fourth-order valence-electron chi connectivity index (χ4n) is 3.55. The van der Waals surface area contributed by atoms with Gasteiger partial charge in [-0.2, -0.15) is 0 Å². The highest BCUT2D eigenvalue weighted by Gasteiger charge is 2.18. The Morgan fingerprint density at radius 1 is 0.844 bits per heavy atom. The van der Waals surface area contributed by atoms with E-state index in [2.05, 4.69) is 19.2 Å². The number of ether oxygens (including phenoxy) is 3. The SMILES string of the molecule is C=CC(=O)Oc1ccc(-c2ccc3c(sc4c(C)c(OC(=O)C=C)ccc43)c2OC)cc1. The zero-order chi connectivity index (χ0) is 22.8. The Labute approximate surface area is 189 Å². The molecule has 0 saturated carbocycles. The Hall–Kier alpha value is -3.90. The molecular formula is C26H20O5S. The number of aryl methyl sites for hydroxylation is 1. The van der Waals surface area contributed by atoms with Crippen molar-refractivity contribution in [3.8, 4) is 28.4 Å². The topological polar surface area (TPSA) is 61.8 Å². The molecule has 0 atom stereocenters. The maximum absolute atomic E-state index is 11.7. The van der Waals surface area contributed by atoms with Crippen LogP contribution >= 0.6 is 11.3 Å². The third-order valence-corrected chi connectivity index (χ3v) is 6.43. The monoisotopic (exact) mass is 444 g/mol. The quantitative estimate of drug-likeness (QED) is 0.201. The molecule has 4 aromatic rings. The number of hydrogen-bond acceptors (Lipinski definition) is 6. The highest BCUT2D eigenvalue weighted by molar-refractivity contribution is 7.26. The Morgan fingerprint density at radius 2 is 1.47 bits per heavy atom. The van der Waals surface area contributed by atoms with Crippen LogP contribution in [0.25, 0.3) is 31.3 Å². The molecule has 4 rings (SSSR count). The molecule has 0 spiro atoms. The standard InChI is InChI=1S/C26H20O5S/c1-5-22(27)30-17-9-7-16(8-10-17)18-11-12-20-19-13-14-21(31-23(28)6-2)15(3)25(19)32-26(20)24(18)29-4/h5-14H,1-2H2,3-4H3. The molecule has 1 heterocycles. The molecule has 0 N–H and O–H groups in total. The van der Waals surface area contributed by atoms with Crippen LogP contribution in [0, 0.1) is 6.92 Å². The van der Waals surface area contributed by atoms with E-state index in [4.69, 9.17) is 14.2 Å². The number of carbonyl (C=O) groups is 2. The van der Waals surface area contributed by atoms with Crippen LogP contribution in [0.4, 0.5) is 0 Å². The van der Waals surface area contributed by atoms with E-state index in [1.54, 1.807) is 36.6 Å². The Balaban J connectivity index is 1.82. The van der Waals surface area contributed by atoms with Gasteiger partial charge < -0.3 is 14.2 Å². The molecule has 3 aromatic carbocycles. The second-order valence-corrected chi connectivity index (χ2v) is 7.99. The van der Waals surface area contributed by atoms with Crippen LogP contribution in [-0.4, -0.2) is 19.0 Å². The third-order valence-electron chi connectivity index (χ3n) is 5.09. The number of fused-ring (bicyclic) bond motifs is 3. The fraction of sp³-hybridized carbons (Fsp3) is 0.0769. The number of carbonyl (C=O) groups excluding carboxylic acids is 2. The Bertz CT molecular complexity index is 1380. The molecule has 0 radical (unpaired) electrons. The van der Waals surface area contributed by atoms with E-state index < -0.39 is 11.9 Å². The van der Waals surface area contributed by atoms with Gasteiger partial charge in [0, 0.05) is 38.8 Å². The molecule has 0 bridgehead atoms. The summed E-state index contributed by atoms with van der Waals surface area (Å²) in [6.45, 7) is 8.78. The van der Waals surface area contributed by atoms with Gasteiger partial charge in [0.15, 0.2) is 0 Å². The molecule has 0 aliphatic heterocycles. The molecule has 0 aliphatic rings. The van der Waals surface area contributed by atoms with Crippen molar-refractivity contribution in [3.05, 3.63) is 79.4 Å². The Morgan fingerprint density at radius 3 is 2.12 bits per heavy atom. The number of methoxy groups -OCH3 is 1. The first-order valence-corrected chi connectivity index (χ1v) is 10.6. The zero-order valence-electron chi connectivity index (χ0n) is 17.6. The van der Waals surface area contributed by atoms with Gasteiger partial charge in [-0.25, -0.2) is 9.59 Å². The number of esters is 2. The highest BCUT2D eigenvalue weighted by atomic mass is 32.1. The van der Waals surface area contributed by atoms with Gasteiger partial charge in [-0.15, -0.1) is 11.3 Å². The van der Waals surface area contributed by atoms with Gasteiger partial charge in [0.05, 0.1) is 11.8 Å². The van der Waals surface area contributed by atoms with Gasteiger partial charge in [0.25, 0.3) is 0 Å². The lowest BCUT2D eigenvalue weighted by molar-refractivity contribution is -0.129. The van der Waals surface area contributed by atoms with Crippen LogP contribution in [0.5, 0.6) is 17.2 Å². The largest absolute Gasteiger partial charge is 0.495 e. The van der Waals surface area contributed by atoms with Gasteiger partial charge in [0.1, 0.15) is 17.2 Å². The van der Waals surface area contributed by atoms with Gasteiger partial charge in [-0.05, 0) is 42.8 Å². The summed E-state index contributed by atoms with van der Waals surface area (Å²) in [4.78, 5) is 23.1. The molecule has 0 aliphatic carbocycles. The summed E-state index contributed by atoms with van der Waals surface area (Å²) >= 11 is 1.59. The van der Waals surface area contributed by atoms with Gasteiger partial charge in [0.2, 0.25) is 0 Å². The molecule has 0 saturated heterocycles. The maximum Gasteiger partial charge on any atom is 0.335 e. The Kier molecular flexibility index (Phi) is 5.79. The minimum Gasteiger partial charge on any atom is -0.495 e. The van der Waals surface area contributed by atoms with Crippen molar-refractivity contribution in [3.63, 3.8) is 0 Å². The van der Waals surface area contributed by atoms with E-state index in [9.17, 15) is 9.59 Å². The summed E-state index contributed by atoms with van der Waals surface area (Å²) in [7, 11) is 1.65. The first kappa shape index (κ1) is 21.3. The highest BCUT2D eigenvalue weighted by Crippen LogP contribution is 2.46. The van der Waals surface area contributed by atoms with Crippen LogP contribution in [-0.2, 0) is 9.59 Å². The van der Waals surface area contributed by atoms with Crippen LogP contribution in [0.2, 0.25) is 0 Å². The molecule has 6 heteroatoms. The van der Waals surface area contributed by atoms with E-state index in [1.807, 2.05) is 31.2 Å². The lowest BCUT2D eigenvalue weighted by atomic mass is 10.0. The van der Waals surface area contributed by atoms with Crippen LogP contribution < -0.4 is 14.2 Å². The second kappa shape index (κ2) is 8.69. The molecule has 160 valence electrons. The van der Waals surface area contributed by atoms with Crippen molar-refractivity contribution >= 4 is 43.4 Å². The number of rotatable bonds is 6. The molecule has 32 heavy (non-hydrogen) atoms. The third kappa shape index (κ3) is 3.76. The van der Waals surface area contributed by atoms with Gasteiger partial charge in [-0.1, -0.05) is 31.4 Å². The molecule has 1 aromatic heterocycles. The van der Waals surface area contributed by atoms with Crippen molar-refractivity contribution in [1.82, 2.24) is 0 Å². The summed E-state index contributed by atoms with van der Waals surface area (Å²) < 4.78 is 18.4. The summed E-state index contributed by atoms with van der Waals surface area (Å²) in [6.07, 6.45) is 2.27. The molecule has 0 unspecified atom stereocenters.